The summed E-state index contributed by atoms with van der Waals surface area (Å²) in [4.78, 5) is 12.1. The molecule has 0 aliphatic carbocycles. The molecule has 20 heavy (non-hydrogen) atoms. The molecule has 2 aromatic carbocycles. The van der Waals surface area contributed by atoms with Gasteiger partial charge >= 0.3 is 5.97 Å². The molecule has 0 aromatic heterocycles. The highest BCUT2D eigenvalue weighted by Gasteiger charge is 2.15. The van der Waals surface area contributed by atoms with Gasteiger partial charge < -0.3 is 9.47 Å². The van der Waals surface area contributed by atoms with Crippen LogP contribution >= 0.6 is 23.2 Å². The monoisotopic (exact) mass is 310 g/mol. The van der Waals surface area contributed by atoms with Gasteiger partial charge in [-0.05, 0) is 36.8 Å². The molecule has 0 spiro atoms. The van der Waals surface area contributed by atoms with E-state index in [1.54, 1.807) is 43.3 Å². The molecule has 0 fully saturated rings. The first kappa shape index (κ1) is 14.7. The van der Waals surface area contributed by atoms with E-state index in [2.05, 4.69) is 0 Å². The van der Waals surface area contributed by atoms with Crippen molar-refractivity contribution in [1.29, 1.82) is 0 Å². The fourth-order valence-electron chi connectivity index (χ4n) is 1.66. The molecule has 5 heteroatoms. The predicted molar refractivity (Wildman–Crippen MR) is 79.2 cm³/mol. The van der Waals surface area contributed by atoms with E-state index in [9.17, 15) is 4.79 Å². The van der Waals surface area contributed by atoms with Crippen LogP contribution in [-0.4, -0.2) is 13.1 Å². The van der Waals surface area contributed by atoms with Crippen LogP contribution in [0.25, 0.3) is 0 Å². The van der Waals surface area contributed by atoms with Crippen molar-refractivity contribution in [3.05, 3.63) is 57.6 Å². The quantitative estimate of drug-likeness (QED) is 0.617. The topological polar surface area (TPSA) is 35.5 Å². The zero-order valence-corrected chi connectivity index (χ0v) is 12.5. The second-order valence-corrected chi connectivity index (χ2v) is 4.92. The summed E-state index contributed by atoms with van der Waals surface area (Å²) in [5, 5.41) is 0.889. The lowest BCUT2D eigenvalue weighted by Crippen LogP contribution is -2.10. The van der Waals surface area contributed by atoms with Crippen LogP contribution < -0.4 is 9.47 Å². The van der Waals surface area contributed by atoms with Crippen molar-refractivity contribution in [2.45, 2.75) is 6.92 Å². The zero-order valence-electron chi connectivity index (χ0n) is 10.9. The Labute approximate surface area is 127 Å². The summed E-state index contributed by atoms with van der Waals surface area (Å²) < 4.78 is 10.4. The number of hydrogen-bond acceptors (Lipinski definition) is 3. The molecular formula is C15H12Cl2O3. The summed E-state index contributed by atoms with van der Waals surface area (Å²) in [6.45, 7) is 1.79. The van der Waals surface area contributed by atoms with E-state index in [4.69, 9.17) is 32.7 Å². The third-order valence-corrected chi connectivity index (χ3v) is 3.58. The maximum atomic E-state index is 12.1. The van der Waals surface area contributed by atoms with Crippen LogP contribution in [-0.2, 0) is 0 Å². The van der Waals surface area contributed by atoms with Gasteiger partial charge in [-0.15, -0.1) is 0 Å². The van der Waals surface area contributed by atoms with Gasteiger partial charge in [0.05, 0.1) is 7.11 Å². The van der Waals surface area contributed by atoms with Gasteiger partial charge in [0.1, 0.15) is 17.1 Å². The van der Waals surface area contributed by atoms with E-state index < -0.39 is 5.97 Å². The van der Waals surface area contributed by atoms with E-state index in [0.717, 1.165) is 5.56 Å². The lowest BCUT2D eigenvalue weighted by molar-refractivity contribution is 0.0731. The molecule has 0 aliphatic rings. The molecule has 0 bridgehead atoms. The Balaban J connectivity index is 2.28. The van der Waals surface area contributed by atoms with E-state index in [1.165, 1.54) is 7.11 Å². The van der Waals surface area contributed by atoms with E-state index in [-0.39, 0.29) is 0 Å². The first-order chi connectivity index (χ1) is 9.52. The fraction of sp³-hybridized carbons (Fsp3) is 0.133. The fourth-order valence-corrected chi connectivity index (χ4v) is 2.12. The van der Waals surface area contributed by atoms with Crippen molar-refractivity contribution in [2.75, 3.05) is 7.11 Å². The number of ether oxygens (including phenoxy) is 2. The highest BCUT2D eigenvalue weighted by molar-refractivity contribution is 6.36. The van der Waals surface area contributed by atoms with Gasteiger partial charge in [0, 0.05) is 10.0 Å². The van der Waals surface area contributed by atoms with Crippen molar-refractivity contribution in [3.63, 3.8) is 0 Å². The summed E-state index contributed by atoms with van der Waals surface area (Å²) in [7, 11) is 1.49. The summed E-state index contributed by atoms with van der Waals surface area (Å²) >= 11 is 12.0. The van der Waals surface area contributed by atoms with Crippen LogP contribution in [0.2, 0.25) is 10.0 Å². The second-order valence-electron chi connectivity index (χ2n) is 4.10. The van der Waals surface area contributed by atoms with Gasteiger partial charge in [-0.1, -0.05) is 35.3 Å². The standard InChI is InChI=1S/C15H12Cl2O3/c1-9-12(16)7-10(8-13(9)17)20-15(18)11-5-3-4-6-14(11)19-2/h3-8H,1-2H3. The number of para-hydroxylation sites is 1. The number of benzene rings is 2. The first-order valence-corrected chi connectivity index (χ1v) is 6.59. The van der Waals surface area contributed by atoms with Crippen LogP contribution in [0.4, 0.5) is 0 Å². The normalized spacial score (nSPS) is 10.2. The largest absolute Gasteiger partial charge is 0.496 e. The van der Waals surface area contributed by atoms with Crippen LogP contribution in [0.3, 0.4) is 0 Å². The number of methoxy groups -OCH3 is 1. The Kier molecular flexibility index (Phi) is 4.53. The summed E-state index contributed by atoms with van der Waals surface area (Å²) in [6.07, 6.45) is 0. The Hall–Kier alpha value is -1.71. The van der Waals surface area contributed by atoms with E-state index >= 15 is 0 Å². The van der Waals surface area contributed by atoms with Gasteiger partial charge in [0.15, 0.2) is 0 Å². The minimum atomic E-state index is -0.529. The smallest absolute Gasteiger partial charge is 0.347 e. The Morgan fingerprint density at radius 3 is 2.30 bits per heavy atom. The lowest BCUT2D eigenvalue weighted by atomic mass is 10.2. The highest BCUT2D eigenvalue weighted by atomic mass is 35.5. The van der Waals surface area contributed by atoms with Crippen molar-refractivity contribution in [2.24, 2.45) is 0 Å². The number of rotatable bonds is 3. The van der Waals surface area contributed by atoms with Crippen LogP contribution in [0, 0.1) is 6.92 Å². The molecular weight excluding hydrogens is 299 g/mol. The average molecular weight is 311 g/mol. The number of carbonyl (C=O) groups is 1. The molecule has 104 valence electrons. The summed E-state index contributed by atoms with van der Waals surface area (Å²) in [5.74, 6) is 0.210. The molecule has 0 unspecified atom stereocenters. The molecule has 2 rings (SSSR count). The number of carbonyl (C=O) groups excluding carboxylic acids is 1. The zero-order chi connectivity index (χ0) is 14.7. The molecule has 2 aromatic rings. The van der Waals surface area contributed by atoms with Gasteiger partial charge in [-0.3, -0.25) is 0 Å². The van der Waals surface area contributed by atoms with Crippen LogP contribution in [0.5, 0.6) is 11.5 Å². The minimum Gasteiger partial charge on any atom is -0.496 e. The number of hydrogen-bond donors (Lipinski definition) is 0. The second kappa shape index (κ2) is 6.16. The van der Waals surface area contributed by atoms with Gasteiger partial charge in [0.25, 0.3) is 0 Å². The molecule has 0 radical (unpaired) electrons. The average Bonchev–Trinajstić information content (AvgIpc) is 2.44. The molecule has 0 N–H and O–H groups in total. The summed E-state index contributed by atoms with van der Waals surface area (Å²) in [6, 6.07) is 9.92. The van der Waals surface area contributed by atoms with Crippen molar-refractivity contribution in [1.82, 2.24) is 0 Å². The Morgan fingerprint density at radius 2 is 1.70 bits per heavy atom. The third kappa shape index (κ3) is 3.06. The van der Waals surface area contributed by atoms with E-state index in [0.29, 0.717) is 27.1 Å². The van der Waals surface area contributed by atoms with Crippen molar-refractivity contribution < 1.29 is 14.3 Å². The highest BCUT2D eigenvalue weighted by Crippen LogP contribution is 2.30. The molecule has 0 heterocycles. The lowest BCUT2D eigenvalue weighted by Gasteiger charge is -2.10. The minimum absolute atomic E-state index is 0.293. The molecule has 0 saturated heterocycles. The van der Waals surface area contributed by atoms with Crippen LogP contribution in [0.15, 0.2) is 36.4 Å². The first-order valence-electron chi connectivity index (χ1n) is 5.83. The predicted octanol–water partition coefficient (Wildman–Crippen LogP) is 4.53. The van der Waals surface area contributed by atoms with Crippen LogP contribution in [0.1, 0.15) is 15.9 Å². The molecule has 0 saturated carbocycles. The Morgan fingerprint density at radius 1 is 1.10 bits per heavy atom. The van der Waals surface area contributed by atoms with Crippen molar-refractivity contribution in [3.8, 4) is 11.5 Å². The van der Waals surface area contributed by atoms with Gasteiger partial charge in [0.2, 0.25) is 0 Å². The molecule has 0 atom stereocenters. The third-order valence-electron chi connectivity index (χ3n) is 2.79. The Bertz CT molecular complexity index is 630. The maximum Gasteiger partial charge on any atom is 0.347 e. The molecule has 3 nitrogen and oxygen atoms in total. The molecule has 0 aliphatic heterocycles. The van der Waals surface area contributed by atoms with Crippen molar-refractivity contribution >= 4 is 29.2 Å². The van der Waals surface area contributed by atoms with E-state index in [1.807, 2.05) is 0 Å². The summed E-state index contributed by atoms with van der Waals surface area (Å²) in [5.41, 5.74) is 1.08. The number of halogens is 2. The van der Waals surface area contributed by atoms with Gasteiger partial charge in [-0.2, -0.15) is 0 Å². The number of esters is 1. The molecule has 0 amide bonds. The maximum absolute atomic E-state index is 12.1. The van der Waals surface area contributed by atoms with Gasteiger partial charge in [-0.25, -0.2) is 4.79 Å². The SMILES string of the molecule is COc1ccccc1C(=O)Oc1cc(Cl)c(C)c(Cl)c1.